The number of carbonyl (C=O) groups is 1. The van der Waals surface area contributed by atoms with Crippen LogP contribution >= 0.6 is 0 Å². The molecule has 1 unspecified atom stereocenters. The van der Waals surface area contributed by atoms with Gasteiger partial charge in [-0.05, 0) is 37.0 Å². The van der Waals surface area contributed by atoms with E-state index in [2.05, 4.69) is 20.4 Å². The van der Waals surface area contributed by atoms with E-state index >= 15 is 0 Å². The second kappa shape index (κ2) is 3.22. The van der Waals surface area contributed by atoms with Crippen molar-refractivity contribution in [3.63, 3.8) is 0 Å². The van der Waals surface area contributed by atoms with Gasteiger partial charge in [0, 0.05) is 11.8 Å². The van der Waals surface area contributed by atoms with Crippen molar-refractivity contribution in [3.05, 3.63) is 12.7 Å². The van der Waals surface area contributed by atoms with Gasteiger partial charge in [0.25, 0.3) is 0 Å². The number of carbonyl (C=O) groups excluding carboxylic acids is 1. The number of Topliss-reactive ketones (excluding diaryl/α,β-unsaturated/α-hetero) is 1. The van der Waals surface area contributed by atoms with Crippen molar-refractivity contribution in [3.8, 4) is 0 Å². The zero-order valence-electron chi connectivity index (χ0n) is 9.25. The molecule has 0 spiro atoms. The van der Waals surface area contributed by atoms with Crippen molar-refractivity contribution < 1.29 is 4.79 Å². The molecule has 3 saturated carbocycles. The molecule has 0 saturated heterocycles. The molecule has 0 aromatic carbocycles. The van der Waals surface area contributed by atoms with Crippen LogP contribution in [-0.2, 0) is 4.79 Å². The van der Waals surface area contributed by atoms with E-state index in [1.807, 2.05) is 6.08 Å². The molecule has 3 aliphatic rings. The molecule has 3 aliphatic carbocycles. The van der Waals surface area contributed by atoms with Crippen molar-refractivity contribution in [1.82, 2.24) is 0 Å². The highest BCUT2D eigenvalue weighted by Gasteiger charge is 2.57. The second-order valence-electron chi connectivity index (χ2n) is 5.51. The van der Waals surface area contributed by atoms with Crippen LogP contribution in [0.25, 0.3) is 0 Å². The van der Waals surface area contributed by atoms with Gasteiger partial charge in [-0.15, -0.1) is 6.58 Å². The number of fused-ring (bicyclic) bond motifs is 2. The molecule has 3 rings (SSSR count). The number of rotatable bonds is 3. The first-order chi connectivity index (χ1) is 6.57. The number of hydrogen-bond donors (Lipinski definition) is 0. The largest absolute Gasteiger partial charge is 0.299 e. The summed E-state index contributed by atoms with van der Waals surface area (Å²) in [5, 5.41) is 0. The lowest BCUT2D eigenvalue weighted by Crippen LogP contribution is -2.56. The molecule has 3 atom stereocenters. The Morgan fingerprint density at radius 3 is 2.71 bits per heavy atom. The van der Waals surface area contributed by atoms with Crippen LogP contribution in [-0.4, -0.2) is 5.78 Å². The van der Waals surface area contributed by atoms with Crippen LogP contribution in [0.3, 0.4) is 0 Å². The fraction of sp³-hybridized carbons (Fsp3) is 0.769. The van der Waals surface area contributed by atoms with Crippen LogP contribution < -0.4 is 0 Å². The summed E-state index contributed by atoms with van der Waals surface area (Å²) in [6.07, 6.45) is 6.26. The fourth-order valence-corrected chi connectivity index (χ4v) is 3.22. The molecule has 0 aromatic rings. The predicted molar refractivity (Wildman–Crippen MR) is 57.9 cm³/mol. The Bertz CT molecular complexity index is 264. The van der Waals surface area contributed by atoms with Crippen LogP contribution in [0.1, 0.15) is 39.5 Å². The summed E-state index contributed by atoms with van der Waals surface area (Å²) in [6, 6.07) is 0. The van der Waals surface area contributed by atoms with Crippen molar-refractivity contribution in [2.45, 2.75) is 39.5 Å². The molecule has 0 N–H and O–H groups in total. The van der Waals surface area contributed by atoms with Crippen LogP contribution in [0.4, 0.5) is 0 Å². The molecule has 3 fully saturated rings. The summed E-state index contributed by atoms with van der Waals surface area (Å²) in [4.78, 5) is 12.1. The molecule has 0 aliphatic heterocycles. The average molecular weight is 192 g/mol. The van der Waals surface area contributed by atoms with Gasteiger partial charge < -0.3 is 0 Å². The van der Waals surface area contributed by atoms with Crippen LogP contribution in [0, 0.1) is 23.2 Å². The van der Waals surface area contributed by atoms with Gasteiger partial charge >= 0.3 is 0 Å². The highest BCUT2D eigenvalue weighted by atomic mass is 16.1. The topological polar surface area (TPSA) is 17.1 Å². The summed E-state index contributed by atoms with van der Waals surface area (Å²) in [5.74, 6) is 2.07. The van der Waals surface area contributed by atoms with E-state index < -0.39 is 0 Å². The number of hydrogen-bond acceptors (Lipinski definition) is 1. The molecular formula is C13H20O. The molecule has 0 amide bonds. The molecular weight excluding hydrogens is 172 g/mol. The minimum absolute atomic E-state index is 0.307. The van der Waals surface area contributed by atoms with Gasteiger partial charge in [0.2, 0.25) is 0 Å². The maximum atomic E-state index is 12.1. The molecule has 0 radical (unpaired) electrons. The first kappa shape index (κ1) is 9.95. The standard InChI is InChI=1S/C13H20O/c1-4-5-6-9-7-10-8-11(12(9)14)13(10,2)3/h4,9-11H,1,5-8H2,2-3H3/t9?,10-,11-/m0/s1. The van der Waals surface area contributed by atoms with E-state index in [-0.39, 0.29) is 0 Å². The Kier molecular flexibility index (Phi) is 2.29. The predicted octanol–water partition coefficient (Wildman–Crippen LogP) is 3.20. The van der Waals surface area contributed by atoms with E-state index in [9.17, 15) is 4.79 Å². The van der Waals surface area contributed by atoms with Gasteiger partial charge in [-0.25, -0.2) is 0 Å². The van der Waals surface area contributed by atoms with Gasteiger partial charge in [0.15, 0.2) is 0 Å². The van der Waals surface area contributed by atoms with Crippen molar-refractivity contribution in [2.75, 3.05) is 0 Å². The lowest BCUT2D eigenvalue weighted by molar-refractivity contribution is -0.157. The van der Waals surface area contributed by atoms with Gasteiger partial charge in [-0.1, -0.05) is 19.9 Å². The fourth-order valence-electron chi connectivity index (χ4n) is 3.22. The van der Waals surface area contributed by atoms with Crippen LogP contribution in [0.5, 0.6) is 0 Å². The lowest BCUT2D eigenvalue weighted by Gasteiger charge is -2.57. The normalized spacial score (nSPS) is 39.0. The molecule has 14 heavy (non-hydrogen) atoms. The quantitative estimate of drug-likeness (QED) is 0.627. The number of ketones is 1. The average Bonchev–Trinajstić information content (AvgIpc) is 2.15. The van der Waals surface area contributed by atoms with Crippen LogP contribution in [0.2, 0.25) is 0 Å². The van der Waals surface area contributed by atoms with E-state index in [0.717, 1.165) is 31.6 Å². The highest BCUT2D eigenvalue weighted by molar-refractivity contribution is 5.86. The first-order valence-electron chi connectivity index (χ1n) is 5.72. The summed E-state index contributed by atoms with van der Waals surface area (Å²) in [7, 11) is 0. The molecule has 0 heterocycles. The minimum atomic E-state index is 0.307. The summed E-state index contributed by atoms with van der Waals surface area (Å²) in [5.41, 5.74) is 0.307. The second-order valence-corrected chi connectivity index (χ2v) is 5.51. The van der Waals surface area contributed by atoms with Crippen LogP contribution in [0.15, 0.2) is 12.7 Å². The van der Waals surface area contributed by atoms with Gasteiger partial charge in [0.05, 0.1) is 0 Å². The zero-order chi connectivity index (χ0) is 10.3. The molecule has 0 aromatic heterocycles. The van der Waals surface area contributed by atoms with E-state index in [0.29, 0.717) is 23.0 Å². The summed E-state index contributed by atoms with van der Waals surface area (Å²) < 4.78 is 0. The van der Waals surface area contributed by atoms with E-state index in [1.54, 1.807) is 0 Å². The van der Waals surface area contributed by atoms with Gasteiger partial charge in [-0.3, -0.25) is 4.79 Å². The maximum Gasteiger partial charge on any atom is 0.139 e. The summed E-state index contributed by atoms with van der Waals surface area (Å²) in [6.45, 7) is 8.23. The highest BCUT2D eigenvalue weighted by Crippen LogP contribution is 2.59. The van der Waals surface area contributed by atoms with E-state index in [1.165, 1.54) is 0 Å². The minimum Gasteiger partial charge on any atom is -0.299 e. The molecule has 1 nitrogen and oxygen atoms in total. The molecule has 2 bridgehead atoms. The van der Waals surface area contributed by atoms with Crippen molar-refractivity contribution in [1.29, 1.82) is 0 Å². The summed E-state index contributed by atoms with van der Waals surface area (Å²) >= 11 is 0. The Morgan fingerprint density at radius 2 is 2.21 bits per heavy atom. The Labute approximate surface area is 86.6 Å². The third-order valence-corrected chi connectivity index (χ3v) is 4.50. The van der Waals surface area contributed by atoms with Gasteiger partial charge in [0.1, 0.15) is 5.78 Å². The van der Waals surface area contributed by atoms with Gasteiger partial charge in [-0.2, -0.15) is 0 Å². The van der Waals surface area contributed by atoms with Crippen molar-refractivity contribution >= 4 is 5.78 Å². The van der Waals surface area contributed by atoms with Crippen molar-refractivity contribution in [2.24, 2.45) is 23.2 Å². The lowest BCUT2D eigenvalue weighted by atomic mass is 9.46. The smallest absolute Gasteiger partial charge is 0.139 e. The van der Waals surface area contributed by atoms with E-state index in [4.69, 9.17) is 0 Å². The Hall–Kier alpha value is -0.590. The maximum absolute atomic E-state index is 12.1. The molecule has 78 valence electrons. The third kappa shape index (κ3) is 1.25. The number of allylic oxidation sites excluding steroid dienone is 1. The first-order valence-corrected chi connectivity index (χ1v) is 5.72. The Balaban J connectivity index is 2.01. The SMILES string of the molecule is C=CCCC1C[C@H]2C[C@@H](C1=O)C2(C)C. The Morgan fingerprint density at radius 1 is 1.50 bits per heavy atom. The monoisotopic (exact) mass is 192 g/mol. The molecule has 1 heteroatoms. The zero-order valence-corrected chi connectivity index (χ0v) is 9.25. The third-order valence-electron chi connectivity index (χ3n) is 4.50.